The summed E-state index contributed by atoms with van der Waals surface area (Å²) in [4.78, 5) is 26.0. The van der Waals surface area contributed by atoms with Crippen LogP contribution in [0.1, 0.15) is 42.0 Å². The quantitative estimate of drug-likeness (QED) is 0.631. The third-order valence-corrected chi connectivity index (χ3v) is 5.37. The summed E-state index contributed by atoms with van der Waals surface area (Å²) in [5.74, 6) is -0.672. The molecular formula is C25H25N3O2. The summed E-state index contributed by atoms with van der Waals surface area (Å²) < 4.78 is 0. The van der Waals surface area contributed by atoms with Gasteiger partial charge in [0, 0.05) is 5.69 Å². The van der Waals surface area contributed by atoms with Crippen LogP contribution in [0, 0.1) is 0 Å². The predicted octanol–water partition coefficient (Wildman–Crippen LogP) is 5.04. The third kappa shape index (κ3) is 4.06. The first kappa shape index (κ1) is 19.7. The van der Waals surface area contributed by atoms with Crippen LogP contribution in [-0.2, 0) is 11.2 Å². The molecule has 2 atom stereocenters. The summed E-state index contributed by atoms with van der Waals surface area (Å²) in [7, 11) is 0. The lowest BCUT2D eigenvalue weighted by atomic mass is 9.87. The van der Waals surface area contributed by atoms with Gasteiger partial charge >= 0.3 is 6.03 Å². The molecule has 5 heteroatoms. The van der Waals surface area contributed by atoms with E-state index >= 15 is 0 Å². The van der Waals surface area contributed by atoms with Crippen molar-refractivity contribution < 1.29 is 9.59 Å². The number of hydrogen-bond donors (Lipinski definition) is 2. The molecule has 0 radical (unpaired) electrons. The number of nitrogens with zero attached hydrogens (tertiary/aromatic N) is 1. The second-order valence-electron chi connectivity index (χ2n) is 7.47. The maximum Gasteiger partial charge on any atom is 0.341 e. The fourth-order valence-electron chi connectivity index (χ4n) is 3.94. The van der Waals surface area contributed by atoms with Crippen LogP contribution in [0.25, 0.3) is 0 Å². The van der Waals surface area contributed by atoms with E-state index in [1.165, 1.54) is 10.6 Å². The standard InChI is InChI=1S/C25H25N3O2/c1-2-9-18-14-16-21(17-15-18)26-25(30)28-23(20-12-7-4-8-13-20)22(24(29)27-28)19-10-5-3-6-11-19/h3-8,10-17,22-23H,2,9H2,1H3,(H,26,30)(H,27,29). The highest BCUT2D eigenvalue weighted by molar-refractivity contribution is 5.96. The highest BCUT2D eigenvalue weighted by atomic mass is 16.2. The molecule has 0 aromatic heterocycles. The Labute approximate surface area is 176 Å². The highest BCUT2D eigenvalue weighted by Crippen LogP contribution is 2.39. The molecule has 0 bridgehead atoms. The van der Waals surface area contributed by atoms with Gasteiger partial charge in [0.15, 0.2) is 0 Å². The number of carbonyl (C=O) groups is 2. The van der Waals surface area contributed by atoms with Crippen molar-refractivity contribution in [3.05, 3.63) is 102 Å². The summed E-state index contributed by atoms with van der Waals surface area (Å²) in [5.41, 5.74) is 6.49. The van der Waals surface area contributed by atoms with Crippen molar-refractivity contribution in [2.24, 2.45) is 0 Å². The van der Waals surface area contributed by atoms with Gasteiger partial charge in [0.1, 0.15) is 0 Å². The average molecular weight is 399 g/mol. The van der Waals surface area contributed by atoms with E-state index in [4.69, 9.17) is 0 Å². The monoisotopic (exact) mass is 399 g/mol. The van der Waals surface area contributed by atoms with E-state index in [2.05, 4.69) is 17.7 Å². The molecule has 0 aliphatic carbocycles. The summed E-state index contributed by atoms with van der Waals surface area (Å²) in [6.45, 7) is 2.14. The lowest BCUT2D eigenvalue weighted by Gasteiger charge is -2.26. The zero-order chi connectivity index (χ0) is 20.9. The van der Waals surface area contributed by atoms with Gasteiger partial charge in [0.25, 0.3) is 0 Å². The number of rotatable bonds is 5. The van der Waals surface area contributed by atoms with Crippen LogP contribution >= 0.6 is 0 Å². The van der Waals surface area contributed by atoms with Crippen molar-refractivity contribution in [1.29, 1.82) is 0 Å². The molecule has 152 valence electrons. The number of carbonyl (C=O) groups excluding carboxylic acids is 2. The summed E-state index contributed by atoms with van der Waals surface area (Å²) in [6.07, 6.45) is 2.08. The second-order valence-corrected chi connectivity index (χ2v) is 7.47. The minimum atomic E-state index is -0.480. The van der Waals surface area contributed by atoms with E-state index in [-0.39, 0.29) is 11.9 Å². The molecule has 0 spiro atoms. The smallest absolute Gasteiger partial charge is 0.306 e. The van der Waals surface area contributed by atoms with Crippen LogP contribution in [0.2, 0.25) is 0 Å². The number of anilines is 1. The molecule has 1 aliphatic heterocycles. The predicted molar refractivity (Wildman–Crippen MR) is 118 cm³/mol. The molecular weight excluding hydrogens is 374 g/mol. The third-order valence-electron chi connectivity index (χ3n) is 5.37. The molecule has 1 fully saturated rings. The number of nitrogens with one attached hydrogen (secondary N) is 2. The number of hydrogen-bond acceptors (Lipinski definition) is 2. The van der Waals surface area contributed by atoms with Crippen molar-refractivity contribution in [2.75, 3.05) is 5.32 Å². The van der Waals surface area contributed by atoms with Gasteiger partial charge in [0.2, 0.25) is 5.91 Å². The SMILES string of the molecule is CCCc1ccc(NC(=O)N2NC(=O)C(c3ccccc3)C2c2ccccc2)cc1. The number of amides is 3. The van der Waals surface area contributed by atoms with Crippen LogP contribution in [0.4, 0.5) is 10.5 Å². The van der Waals surface area contributed by atoms with Crippen molar-refractivity contribution in [3.63, 3.8) is 0 Å². The Morgan fingerprint density at radius 3 is 2.10 bits per heavy atom. The van der Waals surface area contributed by atoms with Crippen molar-refractivity contribution >= 4 is 17.6 Å². The first-order valence-electron chi connectivity index (χ1n) is 10.3. The Kier molecular flexibility index (Phi) is 5.80. The summed E-state index contributed by atoms with van der Waals surface area (Å²) in [5, 5.41) is 4.33. The molecule has 4 rings (SSSR count). The molecule has 1 saturated heterocycles. The van der Waals surface area contributed by atoms with E-state index in [1.54, 1.807) is 0 Å². The van der Waals surface area contributed by atoms with Crippen LogP contribution < -0.4 is 10.7 Å². The van der Waals surface area contributed by atoms with Gasteiger partial charge in [-0.1, -0.05) is 86.1 Å². The summed E-state index contributed by atoms with van der Waals surface area (Å²) in [6, 6.07) is 26.3. The van der Waals surface area contributed by atoms with E-state index in [0.717, 1.165) is 24.0 Å². The molecule has 2 N–H and O–H groups in total. The number of benzene rings is 3. The molecule has 1 aliphatic rings. The first-order valence-corrected chi connectivity index (χ1v) is 10.3. The van der Waals surface area contributed by atoms with E-state index < -0.39 is 12.0 Å². The molecule has 0 saturated carbocycles. The van der Waals surface area contributed by atoms with Crippen molar-refractivity contribution in [2.45, 2.75) is 31.7 Å². The molecule has 30 heavy (non-hydrogen) atoms. The van der Waals surface area contributed by atoms with E-state index in [1.807, 2.05) is 84.9 Å². The Morgan fingerprint density at radius 1 is 0.900 bits per heavy atom. The van der Waals surface area contributed by atoms with Gasteiger partial charge < -0.3 is 5.32 Å². The number of aryl methyl sites for hydroxylation is 1. The van der Waals surface area contributed by atoms with Gasteiger partial charge in [0.05, 0.1) is 12.0 Å². The Balaban J connectivity index is 1.62. The maximum atomic E-state index is 13.1. The van der Waals surface area contributed by atoms with Gasteiger partial charge in [-0.05, 0) is 35.2 Å². The highest BCUT2D eigenvalue weighted by Gasteiger charge is 2.45. The number of hydrazine groups is 1. The molecule has 3 aromatic carbocycles. The fraction of sp³-hybridized carbons (Fsp3) is 0.200. The minimum Gasteiger partial charge on any atom is -0.306 e. The molecule has 1 heterocycles. The minimum absolute atomic E-state index is 0.191. The van der Waals surface area contributed by atoms with Crippen molar-refractivity contribution in [1.82, 2.24) is 10.4 Å². The largest absolute Gasteiger partial charge is 0.341 e. The van der Waals surface area contributed by atoms with Gasteiger partial charge in [-0.3, -0.25) is 10.2 Å². The van der Waals surface area contributed by atoms with Crippen molar-refractivity contribution in [3.8, 4) is 0 Å². The van der Waals surface area contributed by atoms with E-state index in [9.17, 15) is 9.59 Å². The first-order chi connectivity index (χ1) is 14.7. The fourth-order valence-corrected chi connectivity index (χ4v) is 3.94. The van der Waals surface area contributed by atoms with E-state index in [0.29, 0.717) is 5.69 Å². The number of urea groups is 1. The molecule has 3 amide bonds. The molecule has 3 aromatic rings. The lowest BCUT2D eigenvalue weighted by molar-refractivity contribution is -0.121. The Bertz CT molecular complexity index is 1000. The Morgan fingerprint density at radius 2 is 1.50 bits per heavy atom. The average Bonchev–Trinajstić information content (AvgIpc) is 3.14. The van der Waals surface area contributed by atoms with Crippen LogP contribution in [0.3, 0.4) is 0 Å². The second kappa shape index (κ2) is 8.82. The van der Waals surface area contributed by atoms with Gasteiger partial charge in [-0.15, -0.1) is 0 Å². The maximum absolute atomic E-state index is 13.1. The summed E-state index contributed by atoms with van der Waals surface area (Å²) >= 11 is 0. The van der Waals surface area contributed by atoms with Crippen LogP contribution in [0.15, 0.2) is 84.9 Å². The van der Waals surface area contributed by atoms with Crippen LogP contribution in [0.5, 0.6) is 0 Å². The molecule has 2 unspecified atom stereocenters. The Hall–Kier alpha value is -3.60. The normalized spacial score (nSPS) is 18.2. The van der Waals surface area contributed by atoms with Gasteiger partial charge in [-0.2, -0.15) is 0 Å². The zero-order valence-electron chi connectivity index (χ0n) is 16.9. The topological polar surface area (TPSA) is 61.4 Å². The van der Waals surface area contributed by atoms with Gasteiger partial charge in [-0.25, -0.2) is 9.80 Å². The molecule has 5 nitrogen and oxygen atoms in total. The zero-order valence-corrected chi connectivity index (χ0v) is 16.9. The lowest BCUT2D eigenvalue weighted by Crippen LogP contribution is -2.42. The van der Waals surface area contributed by atoms with Crippen LogP contribution in [-0.4, -0.2) is 16.9 Å².